The van der Waals surface area contributed by atoms with Crippen LogP contribution in [-0.4, -0.2) is 58.1 Å². The molecule has 5 nitrogen and oxygen atoms in total. The summed E-state index contributed by atoms with van der Waals surface area (Å²) in [5.41, 5.74) is 6.70. The van der Waals surface area contributed by atoms with Gasteiger partial charge in [-0.25, -0.2) is 8.42 Å². The fraction of sp³-hybridized carbons (Fsp3) is 0.600. The van der Waals surface area contributed by atoms with Crippen molar-refractivity contribution in [2.75, 3.05) is 39.3 Å². The van der Waals surface area contributed by atoms with Crippen LogP contribution in [0.25, 0.3) is 0 Å². The number of methoxy groups -OCH3 is 1. The molecule has 0 aliphatic rings. The minimum Gasteiger partial charge on any atom is -0.496 e. The van der Waals surface area contributed by atoms with Gasteiger partial charge in [-0.05, 0) is 32.0 Å². The van der Waals surface area contributed by atoms with Crippen molar-refractivity contribution in [3.63, 3.8) is 0 Å². The highest BCUT2D eigenvalue weighted by Crippen LogP contribution is 2.25. The Bertz CT molecular complexity index is 560. The summed E-state index contributed by atoms with van der Waals surface area (Å²) in [6.45, 7) is 2.94. The summed E-state index contributed by atoms with van der Waals surface area (Å²) in [6, 6.07) is 7.82. The van der Waals surface area contributed by atoms with Gasteiger partial charge in [-0.2, -0.15) is 0 Å². The first-order chi connectivity index (χ1) is 9.72. The van der Waals surface area contributed by atoms with E-state index < -0.39 is 9.84 Å². The topological polar surface area (TPSA) is 72.6 Å². The summed E-state index contributed by atoms with van der Waals surface area (Å²) in [5.74, 6) is 0.957. The lowest BCUT2D eigenvalue weighted by atomic mass is 9.91. The van der Waals surface area contributed by atoms with Gasteiger partial charge >= 0.3 is 0 Å². The smallest absolute Gasteiger partial charge is 0.148 e. The van der Waals surface area contributed by atoms with E-state index in [0.717, 1.165) is 11.3 Å². The van der Waals surface area contributed by atoms with Crippen LogP contribution in [0, 0.1) is 0 Å². The fourth-order valence-corrected chi connectivity index (χ4v) is 2.80. The van der Waals surface area contributed by atoms with Crippen molar-refractivity contribution in [1.82, 2.24) is 4.90 Å². The predicted octanol–water partition coefficient (Wildman–Crippen LogP) is 0.932. The second-order valence-corrected chi connectivity index (χ2v) is 8.00. The van der Waals surface area contributed by atoms with Gasteiger partial charge in [0.2, 0.25) is 0 Å². The number of para-hydroxylation sites is 1. The van der Waals surface area contributed by atoms with E-state index in [2.05, 4.69) is 0 Å². The molecule has 0 spiro atoms. The van der Waals surface area contributed by atoms with E-state index in [1.807, 2.05) is 43.1 Å². The highest BCUT2D eigenvalue weighted by molar-refractivity contribution is 7.90. The Hall–Kier alpha value is -1.11. The molecule has 1 atom stereocenters. The summed E-state index contributed by atoms with van der Waals surface area (Å²) < 4.78 is 28.0. The maximum Gasteiger partial charge on any atom is 0.148 e. The number of likely N-dealkylation sites (N-methyl/N-ethyl adjacent to an activating group) is 1. The Kier molecular flexibility index (Phi) is 6.19. The van der Waals surface area contributed by atoms with Crippen LogP contribution in [0.5, 0.6) is 5.75 Å². The van der Waals surface area contributed by atoms with Crippen molar-refractivity contribution < 1.29 is 13.2 Å². The Labute approximate surface area is 128 Å². The Morgan fingerprint density at radius 3 is 2.48 bits per heavy atom. The van der Waals surface area contributed by atoms with Gasteiger partial charge in [0.1, 0.15) is 15.6 Å². The minimum absolute atomic E-state index is 0.130. The molecule has 6 heteroatoms. The molecule has 1 aromatic carbocycles. The van der Waals surface area contributed by atoms with E-state index in [1.54, 1.807) is 7.11 Å². The second kappa shape index (κ2) is 7.24. The van der Waals surface area contributed by atoms with Gasteiger partial charge < -0.3 is 10.5 Å². The SMILES string of the molecule is COc1ccccc1CC(C)(CN)N(C)CCS(C)(=O)=O. The highest BCUT2D eigenvalue weighted by Gasteiger charge is 2.29. The molecule has 0 saturated carbocycles. The van der Waals surface area contributed by atoms with Crippen LogP contribution in [0.1, 0.15) is 12.5 Å². The number of sulfone groups is 1. The maximum absolute atomic E-state index is 11.3. The van der Waals surface area contributed by atoms with Crippen LogP contribution < -0.4 is 10.5 Å². The van der Waals surface area contributed by atoms with Crippen molar-refractivity contribution in [3.8, 4) is 5.75 Å². The van der Waals surface area contributed by atoms with Crippen LogP contribution in [-0.2, 0) is 16.3 Å². The maximum atomic E-state index is 11.3. The second-order valence-electron chi connectivity index (χ2n) is 5.74. The van der Waals surface area contributed by atoms with E-state index in [1.165, 1.54) is 6.26 Å². The lowest BCUT2D eigenvalue weighted by Crippen LogP contribution is -2.52. The monoisotopic (exact) mass is 314 g/mol. The first-order valence-corrected chi connectivity index (χ1v) is 8.99. The largest absolute Gasteiger partial charge is 0.496 e. The molecule has 0 amide bonds. The zero-order chi connectivity index (χ0) is 16.1. The molecule has 0 aliphatic heterocycles. The first kappa shape index (κ1) is 17.9. The van der Waals surface area contributed by atoms with Gasteiger partial charge in [-0.15, -0.1) is 0 Å². The van der Waals surface area contributed by atoms with Crippen LogP contribution in [0.2, 0.25) is 0 Å². The summed E-state index contributed by atoms with van der Waals surface area (Å²) in [4.78, 5) is 2.01. The van der Waals surface area contributed by atoms with Crippen LogP contribution in [0.15, 0.2) is 24.3 Å². The van der Waals surface area contributed by atoms with Crippen molar-refractivity contribution in [2.45, 2.75) is 18.9 Å². The van der Waals surface area contributed by atoms with E-state index in [4.69, 9.17) is 10.5 Å². The van der Waals surface area contributed by atoms with Crippen molar-refractivity contribution in [3.05, 3.63) is 29.8 Å². The van der Waals surface area contributed by atoms with Gasteiger partial charge in [-0.3, -0.25) is 4.90 Å². The third kappa shape index (κ3) is 5.30. The zero-order valence-electron chi connectivity index (χ0n) is 13.3. The van der Waals surface area contributed by atoms with Crippen LogP contribution in [0.3, 0.4) is 0 Å². The van der Waals surface area contributed by atoms with Gasteiger partial charge in [-0.1, -0.05) is 18.2 Å². The van der Waals surface area contributed by atoms with E-state index >= 15 is 0 Å². The summed E-state index contributed by atoms with van der Waals surface area (Å²) >= 11 is 0. The van der Waals surface area contributed by atoms with Gasteiger partial charge in [0.25, 0.3) is 0 Å². The molecule has 0 radical (unpaired) electrons. The summed E-state index contributed by atoms with van der Waals surface area (Å²) in [6.07, 6.45) is 1.95. The molecule has 0 aliphatic carbocycles. The number of benzene rings is 1. The van der Waals surface area contributed by atoms with Crippen LogP contribution >= 0.6 is 0 Å². The number of nitrogens with two attached hydrogens (primary N) is 1. The Balaban J connectivity index is 2.88. The standard InChI is InChI=1S/C15H26N2O3S/c1-15(12-16,17(2)9-10-21(4,18)19)11-13-7-5-6-8-14(13)20-3/h5-8H,9-12,16H2,1-4H3. The molecule has 21 heavy (non-hydrogen) atoms. The molecule has 0 fully saturated rings. The number of hydrogen-bond acceptors (Lipinski definition) is 5. The van der Waals surface area contributed by atoms with Crippen molar-refractivity contribution in [2.24, 2.45) is 5.73 Å². The number of hydrogen-bond donors (Lipinski definition) is 1. The lowest BCUT2D eigenvalue weighted by Gasteiger charge is -2.38. The third-order valence-electron chi connectivity index (χ3n) is 3.92. The van der Waals surface area contributed by atoms with Gasteiger partial charge in [0.05, 0.1) is 12.9 Å². The van der Waals surface area contributed by atoms with E-state index in [-0.39, 0.29) is 11.3 Å². The molecule has 2 N–H and O–H groups in total. The number of ether oxygens (including phenoxy) is 1. The fourth-order valence-electron chi connectivity index (χ4n) is 2.19. The zero-order valence-corrected chi connectivity index (χ0v) is 14.1. The van der Waals surface area contributed by atoms with Gasteiger partial charge in [0, 0.05) is 24.9 Å². The predicted molar refractivity (Wildman–Crippen MR) is 86.5 cm³/mol. The first-order valence-electron chi connectivity index (χ1n) is 6.93. The Morgan fingerprint density at radius 2 is 1.95 bits per heavy atom. The normalized spacial score (nSPS) is 15.0. The Morgan fingerprint density at radius 1 is 1.33 bits per heavy atom. The molecule has 0 heterocycles. The van der Waals surface area contributed by atoms with Crippen LogP contribution in [0.4, 0.5) is 0 Å². The van der Waals surface area contributed by atoms with Crippen molar-refractivity contribution >= 4 is 9.84 Å². The van der Waals surface area contributed by atoms with E-state index in [0.29, 0.717) is 19.5 Å². The average Bonchev–Trinajstić information content (AvgIpc) is 2.44. The minimum atomic E-state index is -2.98. The van der Waals surface area contributed by atoms with Crippen molar-refractivity contribution in [1.29, 1.82) is 0 Å². The molecule has 120 valence electrons. The molecule has 0 bridgehead atoms. The molecule has 1 unspecified atom stereocenters. The molecule has 0 aromatic heterocycles. The molecular weight excluding hydrogens is 288 g/mol. The molecule has 1 rings (SSSR count). The average molecular weight is 314 g/mol. The quantitative estimate of drug-likeness (QED) is 0.773. The highest BCUT2D eigenvalue weighted by atomic mass is 32.2. The molecular formula is C15H26N2O3S. The summed E-state index contributed by atoms with van der Waals surface area (Å²) in [7, 11) is 0.574. The molecule has 1 aromatic rings. The summed E-state index contributed by atoms with van der Waals surface area (Å²) in [5, 5.41) is 0. The lowest BCUT2D eigenvalue weighted by molar-refractivity contribution is 0.152. The third-order valence-corrected chi connectivity index (χ3v) is 4.85. The molecule has 0 saturated heterocycles. The number of rotatable bonds is 8. The van der Waals surface area contributed by atoms with E-state index in [9.17, 15) is 8.42 Å². The number of nitrogens with zero attached hydrogens (tertiary/aromatic N) is 1. The van der Waals surface area contributed by atoms with Gasteiger partial charge in [0.15, 0.2) is 0 Å².